The normalized spacial score (nSPS) is 14.1. The first-order valence-electron chi connectivity index (χ1n) is 11.9. The molecule has 0 aliphatic carbocycles. The van der Waals surface area contributed by atoms with Gasteiger partial charge in [-0.15, -0.1) is 0 Å². The van der Waals surface area contributed by atoms with Gasteiger partial charge in [-0.2, -0.15) is 0 Å². The first-order chi connectivity index (χ1) is 17.5. The molecule has 37 heavy (non-hydrogen) atoms. The van der Waals surface area contributed by atoms with Crippen LogP contribution in [0.1, 0.15) is 42.6 Å². The summed E-state index contributed by atoms with van der Waals surface area (Å²) in [5.74, 6) is -3.92. The predicted octanol–water partition coefficient (Wildman–Crippen LogP) is 1.88. The Morgan fingerprint density at radius 2 is 1.76 bits per heavy atom. The summed E-state index contributed by atoms with van der Waals surface area (Å²) in [4.78, 5) is 49.2. The van der Waals surface area contributed by atoms with Gasteiger partial charge in [0.05, 0.1) is 12.0 Å². The zero-order valence-electron chi connectivity index (χ0n) is 20.8. The number of carboxylic acid groups (broad SMARTS) is 1. The topological polar surface area (TPSA) is 174 Å². The number of nitrogens with two attached hydrogens (primary N) is 2. The average molecular weight is 533 g/mol. The summed E-state index contributed by atoms with van der Waals surface area (Å²) in [6.07, 6.45) is 0.501. The Morgan fingerprint density at radius 1 is 1.08 bits per heavy atom. The maximum atomic E-state index is 13.1. The lowest BCUT2D eigenvalue weighted by molar-refractivity contribution is -0.143. The highest BCUT2D eigenvalue weighted by Gasteiger charge is 2.31. The number of primary amides is 1. The third-order valence-electron chi connectivity index (χ3n) is 5.78. The number of hydrogen-bond acceptors (Lipinski definition) is 6. The number of carbonyl (C=O) groups is 4. The highest BCUT2D eigenvalue weighted by Crippen LogP contribution is 2.23. The Hall–Kier alpha value is -3.63. The molecule has 2 rings (SSSR count). The number of carbonyl (C=O) groups excluding carboxylic acids is 3. The van der Waals surface area contributed by atoms with Crippen molar-refractivity contribution in [2.75, 3.05) is 6.61 Å². The van der Waals surface area contributed by atoms with Crippen LogP contribution in [0, 0.1) is 5.92 Å². The van der Waals surface area contributed by atoms with Crippen LogP contribution < -0.4 is 26.8 Å². The van der Waals surface area contributed by atoms with Gasteiger partial charge in [-0.3, -0.25) is 14.4 Å². The molecule has 0 heterocycles. The van der Waals surface area contributed by atoms with Gasteiger partial charge in [0.1, 0.15) is 24.4 Å². The lowest BCUT2D eigenvalue weighted by atomic mass is 9.98. The minimum absolute atomic E-state index is 0.0124. The van der Waals surface area contributed by atoms with E-state index < -0.39 is 42.2 Å². The predicted molar refractivity (Wildman–Crippen MR) is 139 cm³/mol. The van der Waals surface area contributed by atoms with E-state index in [1.165, 1.54) is 18.2 Å². The zero-order valence-corrected chi connectivity index (χ0v) is 21.5. The Kier molecular flexibility index (Phi) is 11.4. The van der Waals surface area contributed by atoms with Gasteiger partial charge in [0.15, 0.2) is 0 Å². The molecular formula is C26H33ClN4O6. The maximum Gasteiger partial charge on any atom is 0.326 e. The van der Waals surface area contributed by atoms with Crippen molar-refractivity contribution >= 4 is 35.3 Å². The van der Waals surface area contributed by atoms with Gasteiger partial charge in [0.25, 0.3) is 5.91 Å². The molecule has 0 radical (unpaired) electrons. The number of halogens is 1. The van der Waals surface area contributed by atoms with E-state index in [0.717, 1.165) is 5.56 Å². The SMILES string of the molecule is CC[C@H](C)[C@H](NC(=O)[C@H](CC(N)=O)NC(=O)c1cc(Cl)ccc1OC[C@@H](N)Cc1ccccc1)C(=O)O. The van der Waals surface area contributed by atoms with Crippen LogP contribution in [-0.2, 0) is 20.8 Å². The zero-order chi connectivity index (χ0) is 27.5. The molecule has 0 aliphatic heterocycles. The summed E-state index contributed by atoms with van der Waals surface area (Å²) < 4.78 is 5.80. The smallest absolute Gasteiger partial charge is 0.326 e. The van der Waals surface area contributed by atoms with Gasteiger partial charge in [0, 0.05) is 11.1 Å². The number of aliphatic carboxylic acids is 1. The third-order valence-corrected chi connectivity index (χ3v) is 6.02. The van der Waals surface area contributed by atoms with E-state index in [1.54, 1.807) is 13.8 Å². The van der Waals surface area contributed by atoms with Gasteiger partial charge in [-0.05, 0) is 36.1 Å². The highest BCUT2D eigenvalue weighted by molar-refractivity contribution is 6.31. The van der Waals surface area contributed by atoms with E-state index in [9.17, 15) is 24.3 Å². The number of nitrogens with one attached hydrogen (secondary N) is 2. The maximum absolute atomic E-state index is 13.1. The van der Waals surface area contributed by atoms with Crippen LogP contribution in [0.25, 0.3) is 0 Å². The van der Waals surface area contributed by atoms with Crippen LogP contribution in [0.5, 0.6) is 5.75 Å². The fraction of sp³-hybridized carbons (Fsp3) is 0.385. The van der Waals surface area contributed by atoms with E-state index in [2.05, 4.69) is 10.6 Å². The Bertz CT molecular complexity index is 1100. The molecule has 7 N–H and O–H groups in total. The molecule has 0 bridgehead atoms. The van der Waals surface area contributed by atoms with Crippen LogP contribution in [0.15, 0.2) is 48.5 Å². The fourth-order valence-electron chi connectivity index (χ4n) is 3.56. The largest absolute Gasteiger partial charge is 0.491 e. The summed E-state index contributed by atoms with van der Waals surface area (Å²) >= 11 is 6.09. The van der Waals surface area contributed by atoms with E-state index in [0.29, 0.717) is 12.8 Å². The number of hydrogen-bond donors (Lipinski definition) is 5. The molecule has 0 saturated heterocycles. The van der Waals surface area contributed by atoms with E-state index in [-0.39, 0.29) is 34.9 Å². The van der Waals surface area contributed by atoms with Crippen molar-refractivity contribution in [3.63, 3.8) is 0 Å². The second kappa shape index (κ2) is 14.2. The van der Waals surface area contributed by atoms with Crippen molar-refractivity contribution in [1.82, 2.24) is 10.6 Å². The molecule has 0 aliphatic rings. The quantitative estimate of drug-likeness (QED) is 0.247. The van der Waals surface area contributed by atoms with Crippen LogP contribution >= 0.6 is 11.6 Å². The number of amides is 3. The summed E-state index contributed by atoms with van der Waals surface area (Å²) in [5, 5.41) is 14.5. The molecule has 0 saturated carbocycles. The molecular weight excluding hydrogens is 500 g/mol. The van der Waals surface area contributed by atoms with Crippen molar-refractivity contribution in [3.05, 3.63) is 64.7 Å². The second-order valence-corrected chi connectivity index (χ2v) is 9.24. The van der Waals surface area contributed by atoms with E-state index in [4.69, 9.17) is 27.8 Å². The first-order valence-corrected chi connectivity index (χ1v) is 12.2. The van der Waals surface area contributed by atoms with E-state index >= 15 is 0 Å². The van der Waals surface area contributed by atoms with Crippen molar-refractivity contribution in [1.29, 1.82) is 0 Å². The van der Waals surface area contributed by atoms with Crippen LogP contribution in [0.2, 0.25) is 5.02 Å². The van der Waals surface area contributed by atoms with Crippen molar-refractivity contribution < 1.29 is 29.0 Å². The number of carboxylic acids is 1. The molecule has 10 nitrogen and oxygen atoms in total. The molecule has 0 unspecified atom stereocenters. The summed E-state index contributed by atoms with van der Waals surface area (Å²) in [6.45, 7) is 3.54. The van der Waals surface area contributed by atoms with Crippen molar-refractivity contribution in [2.24, 2.45) is 17.4 Å². The van der Waals surface area contributed by atoms with E-state index in [1.807, 2.05) is 30.3 Å². The minimum atomic E-state index is -1.41. The van der Waals surface area contributed by atoms with Gasteiger partial charge in [-0.25, -0.2) is 4.79 Å². The fourth-order valence-corrected chi connectivity index (χ4v) is 3.73. The number of ether oxygens (including phenoxy) is 1. The molecule has 4 atom stereocenters. The number of benzene rings is 2. The van der Waals surface area contributed by atoms with Gasteiger partial charge in [0.2, 0.25) is 11.8 Å². The summed E-state index contributed by atoms with van der Waals surface area (Å²) in [5.41, 5.74) is 12.5. The van der Waals surface area contributed by atoms with Crippen LogP contribution in [0.3, 0.4) is 0 Å². The molecule has 2 aromatic rings. The minimum Gasteiger partial charge on any atom is -0.491 e. The van der Waals surface area contributed by atoms with Gasteiger partial charge < -0.3 is 31.9 Å². The molecule has 0 fully saturated rings. The standard InChI is InChI=1S/C26H33ClN4O6/c1-3-15(2)23(26(35)36)31-25(34)20(13-22(29)32)30-24(33)19-12-17(27)9-10-21(19)37-14-18(28)11-16-7-5-4-6-8-16/h4-10,12,15,18,20,23H,3,11,13-14,28H2,1-2H3,(H2,29,32)(H,30,33)(H,31,34)(H,35,36)/t15-,18-,20-,23-/m0/s1. The third kappa shape index (κ3) is 9.40. The average Bonchev–Trinajstić information content (AvgIpc) is 2.85. The second-order valence-electron chi connectivity index (χ2n) is 8.81. The number of rotatable bonds is 14. The first kappa shape index (κ1) is 29.6. The molecule has 2 aromatic carbocycles. The Morgan fingerprint density at radius 3 is 2.35 bits per heavy atom. The van der Waals surface area contributed by atoms with Crippen molar-refractivity contribution in [3.8, 4) is 5.75 Å². The molecule has 200 valence electrons. The van der Waals surface area contributed by atoms with Crippen LogP contribution in [-0.4, -0.2) is 53.5 Å². The summed E-state index contributed by atoms with van der Waals surface area (Å²) in [7, 11) is 0. The molecule has 3 amide bonds. The monoisotopic (exact) mass is 532 g/mol. The van der Waals surface area contributed by atoms with Crippen molar-refractivity contribution in [2.45, 2.75) is 51.2 Å². The molecule has 11 heteroatoms. The lowest BCUT2D eigenvalue weighted by Crippen LogP contribution is -2.54. The Balaban J connectivity index is 2.17. The highest BCUT2D eigenvalue weighted by atomic mass is 35.5. The van der Waals surface area contributed by atoms with Crippen LogP contribution in [0.4, 0.5) is 0 Å². The lowest BCUT2D eigenvalue weighted by Gasteiger charge is -2.24. The van der Waals surface area contributed by atoms with Gasteiger partial charge in [-0.1, -0.05) is 62.2 Å². The molecule has 0 aromatic heterocycles. The molecule has 0 spiro atoms. The van der Waals surface area contributed by atoms with Gasteiger partial charge >= 0.3 is 5.97 Å². The Labute approximate surface area is 220 Å². The summed E-state index contributed by atoms with van der Waals surface area (Å²) in [6, 6.07) is 11.0.